The van der Waals surface area contributed by atoms with Crippen molar-refractivity contribution in [3.8, 4) is 11.5 Å². The van der Waals surface area contributed by atoms with Crippen molar-refractivity contribution in [2.45, 2.75) is 52.2 Å². The highest BCUT2D eigenvalue weighted by Gasteiger charge is 2.31. The third-order valence-corrected chi connectivity index (χ3v) is 5.56. The van der Waals surface area contributed by atoms with Gasteiger partial charge in [0, 0.05) is 25.6 Å². The molecular weight excluding hydrogens is 438 g/mol. The Balaban J connectivity index is 1.66. The lowest BCUT2D eigenvalue weighted by Gasteiger charge is -2.26. The summed E-state index contributed by atoms with van der Waals surface area (Å²) in [7, 11) is 1.40. The summed E-state index contributed by atoms with van der Waals surface area (Å²) >= 11 is 0. The first kappa shape index (κ1) is 25.4. The smallest absolute Gasteiger partial charge is 0.309 e. The number of hydrogen-bond acceptors (Lipinski definition) is 8. The molecule has 0 unspecified atom stereocenters. The molecule has 0 N–H and O–H groups in total. The van der Waals surface area contributed by atoms with Gasteiger partial charge in [-0.25, -0.2) is 4.98 Å². The summed E-state index contributed by atoms with van der Waals surface area (Å²) in [6, 6.07) is 11.1. The number of ether oxygens (including phenoxy) is 4. The number of pyridine rings is 1. The van der Waals surface area contributed by atoms with Crippen molar-refractivity contribution < 1.29 is 33.3 Å². The van der Waals surface area contributed by atoms with E-state index < -0.39 is 35.8 Å². The van der Waals surface area contributed by atoms with Crippen LogP contribution in [0.1, 0.15) is 62.2 Å². The van der Waals surface area contributed by atoms with Gasteiger partial charge in [-0.2, -0.15) is 0 Å². The molecule has 8 nitrogen and oxygen atoms in total. The van der Waals surface area contributed by atoms with Crippen molar-refractivity contribution in [1.29, 1.82) is 0 Å². The van der Waals surface area contributed by atoms with E-state index in [4.69, 9.17) is 18.9 Å². The molecule has 1 heterocycles. The molecule has 2 aromatic rings. The van der Waals surface area contributed by atoms with E-state index in [0.29, 0.717) is 12.5 Å². The number of carbonyl (C=O) groups excluding carboxylic acids is 3. The van der Waals surface area contributed by atoms with E-state index in [-0.39, 0.29) is 23.6 Å². The number of nitrogens with zero attached hydrogens (tertiary/aromatic N) is 1. The van der Waals surface area contributed by atoms with Crippen LogP contribution in [0.15, 0.2) is 42.6 Å². The fraction of sp³-hybridized carbons (Fsp3) is 0.462. The molecule has 182 valence electrons. The van der Waals surface area contributed by atoms with Gasteiger partial charge >= 0.3 is 11.9 Å². The van der Waals surface area contributed by atoms with Crippen molar-refractivity contribution in [2.24, 2.45) is 11.8 Å². The zero-order chi connectivity index (χ0) is 24.7. The normalized spacial score (nSPS) is 15.6. The maximum absolute atomic E-state index is 12.9. The fourth-order valence-electron chi connectivity index (χ4n) is 3.52. The monoisotopic (exact) mass is 469 g/mol. The average molecular weight is 470 g/mol. The highest BCUT2D eigenvalue weighted by molar-refractivity contribution is 5.99. The second-order valence-electron chi connectivity index (χ2n) is 8.56. The standard InChI is InChI=1S/C26H31NO7/c1-16(14-21(29)23-25(34-18(3)28)22(31-4)12-13-27-23)26(30)33-17(2)24(32-15-19-10-11-19)20-8-6-5-7-9-20/h5-9,12-13,16-17,19,24H,10-11,14-15H2,1-4H3/t16-,17+,24-/m1/s1. The van der Waals surface area contributed by atoms with Crippen LogP contribution in [0, 0.1) is 11.8 Å². The Hall–Kier alpha value is -3.26. The van der Waals surface area contributed by atoms with Gasteiger partial charge < -0.3 is 18.9 Å². The maximum Gasteiger partial charge on any atom is 0.309 e. The van der Waals surface area contributed by atoms with Gasteiger partial charge in [-0.15, -0.1) is 0 Å². The lowest BCUT2D eigenvalue weighted by molar-refractivity contribution is -0.161. The number of esters is 2. The van der Waals surface area contributed by atoms with Gasteiger partial charge in [-0.1, -0.05) is 37.3 Å². The Bertz CT molecular complexity index is 1000. The zero-order valence-corrected chi connectivity index (χ0v) is 20.0. The molecule has 3 rings (SSSR count). The van der Waals surface area contributed by atoms with Crippen molar-refractivity contribution in [3.63, 3.8) is 0 Å². The second kappa shape index (κ2) is 11.7. The Morgan fingerprint density at radius 1 is 1.09 bits per heavy atom. The van der Waals surface area contributed by atoms with E-state index in [2.05, 4.69) is 4.98 Å². The molecule has 1 aliphatic rings. The summed E-state index contributed by atoms with van der Waals surface area (Å²) in [6.45, 7) is 5.24. The van der Waals surface area contributed by atoms with Crippen molar-refractivity contribution in [2.75, 3.05) is 13.7 Å². The minimum atomic E-state index is -0.743. The van der Waals surface area contributed by atoms with Gasteiger partial charge in [0.05, 0.1) is 19.6 Å². The van der Waals surface area contributed by atoms with Crippen LogP contribution in [-0.4, -0.2) is 42.5 Å². The Morgan fingerprint density at radius 3 is 2.41 bits per heavy atom. The molecule has 1 fully saturated rings. The Kier molecular flexibility index (Phi) is 8.76. The maximum atomic E-state index is 12.9. The number of carbonyl (C=O) groups is 3. The summed E-state index contributed by atoms with van der Waals surface area (Å²) in [5, 5.41) is 0. The quantitative estimate of drug-likeness (QED) is 0.335. The third kappa shape index (κ3) is 6.87. The molecule has 0 aliphatic heterocycles. The van der Waals surface area contributed by atoms with E-state index in [1.54, 1.807) is 13.8 Å². The van der Waals surface area contributed by atoms with Gasteiger partial charge in [0.2, 0.25) is 5.75 Å². The van der Waals surface area contributed by atoms with Crippen LogP contribution in [0.5, 0.6) is 11.5 Å². The van der Waals surface area contributed by atoms with Gasteiger partial charge in [0.15, 0.2) is 17.2 Å². The molecule has 1 saturated carbocycles. The third-order valence-electron chi connectivity index (χ3n) is 5.56. The fourth-order valence-corrected chi connectivity index (χ4v) is 3.52. The highest BCUT2D eigenvalue weighted by atomic mass is 16.6. The molecular formula is C26H31NO7. The van der Waals surface area contributed by atoms with Crippen molar-refractivity contribution in [3.05, 3.63) is 53.9 Å². The molecule has 1 aromatic carbocycles. The molecule has 0 amide bonds. The van der Waals surface area contributed by atoms with Gasteiger partial charge in [-0.05, 0) is 31.2 Å². The van der Waals surface area contributed by atoms with Crippen LogP contribution in [-0.2, 0) is 19.1 Å². The number of rotatable bonds is 12. The number of methoxy groups -OCH3 is 1. The second-order valence-corrected chi connectivity index (χ2v) is 8.56. The lowest BCUT2D eigenvalue weighted by Crippen LogP contribution is -2.29. The summed E-state index contributed by atoms with van der Waals surface area (Å²) in [4.78, 5) is 41.3. The average Bonchev–Trinajstić information content (AvgIpc) is 3.64. The SMILES string of the molecule is COc1ccnc(C(=O)C[C@@H](C)C(=O)O[C@@H](C)[C@@H](OCC2CC2)c2ccccc2)c1OC(C)=O. The van der Waals surface area contributed by atoms with Crippen LogP contribution in [0.2, 0.25) is 0 Å². The molecule has 1 aromatic heterocycles. The van der Waals surface area contributed by atoms with Crippen molar-refractivity contribution in [1.82, 2.24) is 4.98 Å². The first-order chi connectivity index (χ1) is 16.3. The van der Waals surface area contributed by atoms with Gasteiger partial charge in [0.25, 0.3) is 0 Å². The van der Waals surface area contributed by atoms with Crippen LogP contribution in [0.4, 0.5) is 0 Å². The molecule has 0 bridgehead atoms. The Labute approximate surface area is 199 Å². The topological polar surface area (TPSA) is 101 Å². The predicted molar refractivity (Wildman–Crippen MR) is 124 cm³/mol. The largest absolute Gasteiger partial charge is 0.493 e. The molecule has 1 aliphatic carbocycles. The van der Waals surface area contributed by atoms with Crippen LogP contribution in [0.25, 0.3) is 0 Å². The van der Waals surface area contributed by atoms with E-state index in [9.17, 15) is 14.4 Å². The van der Waals surface area contributed by atoms with Gasteiger partial charge in [0.1, 0.15) is 12.2 Å². The van der Waals surface area contributed by atoms with E-state index in [0.717, 1.165) is 18.4 Å². The first-order valence-electron chi connectivity index (χ1n) is 11.4. The van der Waals surface area contributed by atoms with E-state index in [1.165, 1.54) is 26.3 Å². The van der Waals surface area contributed by atoms with Crippen LogP contribution >= 0.6 is 0 Å². The number of benzene rings is 1. The number of aromatic nitrogens is 1. The molecule has 3 atom stereocenters. The predicted octanol–water partition coefficient (Wildman–Crippen LogP) is 4.32. The van der Waals surface area contributed by atoms with E-state index in [1.807, 2.05) is 30.3 Å². The Morgan fingerprint density at radius 2 is 1.79 bits per heavy atom. The molecule has 0 saturated heterocycles. The zero-order valence-electron chi connectivity index (χ0n) is 20.0. The van der Waals surface area contributed by atoms with Crippen LogP contribution in [0.3, 0.4) is 0 Å². The molecule has 8 heteroatoms. The number of ketones is 1. The highest BCUT2D eigenvalue weighted by Crippen LogP contribution is 2.33. The summed E-state index contributed by atoms with van der Waals surface area (Å²) in [6.07, 6.45) is 2.58. The molecule has 0 spiro atoms. The molecule has 0 radical (unpaired) electrons. The lowest BCUT2D eigenvalue weighted by atomic mass is 10.0. The number of Topliss-reactive ketones (excluding diaryl/α,β-unsaturated/α-hetero) is 1. The summed E-state index contributed by atoms with van der Waals surface area (Å²) in [5.41, 5.74) is 0.857. The van der Waals surface area contributed by atoms with E-state index >= 15 is 0 Å². The summed E-state index contributed by atoms with van der Waals surface area (Å²) < 4.78 is 22.1. The minimum absolute atomic E-state index is 0.0611. The number of hydrogen-bond donors (Lipinski definition) is 0. The minimum Gasteiger partial charge on any atom is -0.493 e. The van der Waals surface area contributed by atoms with Crippen LogP contribution < -0.4 is 9.47 Å². The first-order valence-corrected chi connectivity index (χ1v) is 11.4. The van der Waals surface area contributed by atoms with Crippen molar-refractivity contribution >= 4 is 17.7 Å². The summed E-state index contributed by atoms with van der Waals surface area (Å²) in [5.74, 6) is -1.63. The molecule has 34 heavy (non-hydrogen) atoms. The van der Waals surface area contributed by atoms with Gasteiger partial charge in [-0.3, -0.25) is 14.4 Å².